The van der Waals surface area contributed by atoms with Gasteiger partial charge >= 0.3 is 0 Å². The molecule has 118 valence electrons. The number of nitrogens with two attached hydrogens (primary N) is 1. The highest BCUT2D eigenvalue weighted by Gasteiger charge is 2.29. The van der Waals surface area contributed by atoms with Gasteiger partial charge in [0.25, 0.3) is 0 Å². The number of likely N-dealkylation sites (tertiary alicyclic amines) is 1. The minimum absolute atomic E-state index is 0.117. The van der Waals surface area contributed by atoms with Gasteiger partial charge in [-0.25, -0.2) is 0 Å². The predicted molar refractivity (Wildman–Crippen MR) is 91.4 cm³/mol. The fourth-order valence-corrected chi connectivity index (χ4v) is 3.56. The molecule has 0 amide bonds. The maximum Gasteiger partial charge on any atom is 0.0424 e. The van der Waals surface area contributed by atoms with Crippen LogP contribution in [0.2, 0.25) is 0 Å². The Morgan fingerprint density at radius 3 is 2.24 bits per heavy atom. The Bertz CT molecular complexity index is 437. The lowest BCUT2D eigenvalue weighted by atomic mass is 9.85. The van der Waals surface area contributed by atoms with E-state index in [9.17, 15) is 0 Å². The molecule has 4 atom stereocenters. The van der Waals surface area contributed by atoms with Crippen molar-refractivity contribution in [2.75, 3.05) is 13.1 Å². The average Bonchev–Trinajstić information content (AvgIpc) is 2.44. The maximum atomic E-state index is 6.46. The van der Waals surface area contributed by atoms with Crippen LogP contribution in [-0.4, -0.2) is 24.0 Å². The van der Waals surface area contributed by atoms with Crippen LogP contribution in [0.1, 0.15) is 64.1 Å². The van der Waals surface area contributed by atoms with Crippen LogP contribution in [0.5, 0.6) is 0 Å². The van der Waals surface area contributed by atoms with Gasteiger partial charge in [0.05, 0.1) is 0 Å². The molecule has 0 spiro atoms. The van der Waals surface area contributed by atoms with E-state index in [1.807, 2.05) is 0 Å². The SMILES string of the molecule is CC1CC(C)C(C)N(CC(N)c2ccc(C(C)C)cc2)C1. The van der Waals surface area contributed by atoms with E-state index < -0.39 is 0 Å². The molecule has 0 radical (unpaired) electrons. The lowest BCUT2D eigenvalue weighted by molar-refractivity contribution is 0.0742. The zero-order valence-corrected chi connectivity index (χ0v) is 14.3. The Hall–Kier alpha value is -0.860. The number of benzene rings is 1. The molecular weight excluding hydrogens is 256 g/mol. The van der Waals surface area contributed by atoms with Crippen LogP contribution in [-0.2, 0) is 0 Å². The summed E-state index contributed by atoms with van der Waals surface area (Å²) in [5.41, 5.74) is 9.11. The van der Waals surface area contributed by atoms with Gasteiger partial charge in [0.1, 0.15) is 0 Å². The minimum Gasteiger partial charge on any atom is -0.323 e. The van der Waals surface area contributed by atoms with Crippen LogP contribution in [0.25, 0.3) is 0 Å². The second-order valence-electron chi connectivity index (χ2n) is 7.44. The summed E-state index contributed by atoms with van der Waals surface area (Å²) in [4.78, 5) is 2.58. The highest BCUT2D eigenvalue weighted by atomic mass is 15.2. The molecule has 1 aromatic rings. The van der Waals surface area contributed by atoms with Gasteiger partial charge < -0.3 is 5.73 Å². The molecule has 1 fully saturated rings. The normalized spacial score (nSPS) is 28.8. The van der Waals surface area contributed by atoms with Crippen LogP contribution in [0, 0.1) is 11.8 Å². The molecule has 2 N–H and O–H groups in total. The third kappa shape index (κ3) is 4.08. The van der Waals surface area contributed by atoms with E-state index in [1.165, 1.54) is 24.1 Å². The van der Waals surface area contributed by atoms with E-state index in [4.69, 9.17) is 5.73 Å². The van der Waals surface area contributed by atoms with E-state index in [-0.39, 0.29) is 6.04 Å². The van der Waals surface area contributed by atoms with Crippen LogP contribution in [0.15, 0.2) is 24.3 Å². The lowest BCUT2D eigenvalue weighted by Crippen LogP contribution is -2.48. The first-order chi connectivity index (χ1) is 9.88. The van der Waals surface area contributed by atoms with Gasteiger partial charge in [-0.2, -0.15) is 0 Å². The van der Waals surface area contributed by atoms with Crippen molar-refractivity contribution in [3.8, 4) is 0 Å². The van der Waals surface area contributed by atoms with Gasteiger partial charge in [-0.05, 0) is 42.2 Å². The van der Waals surface area contributed by atoms with E-state index in [0.29, 0.717) is 12.0 Å². The highest BCUT2D eigenvalue weighted by Crippen LogP contribution is 2.28. The molecule has 2 nitrogen and oxygen atoms in total. The zero-order chi connectivity index (χ0) is 15.6. The molecule has 2 heteroatoms. The molecule has 2 rings (SSSR count). The second kappa shape index (κ2) is 6.93. The van der Waals surface area contributed by atoms with E-state index in [0.717, 1.165) is 18.4 Å². The van der Waals surface area contributed by atoms with Crippen molar-refractivity contribution in [3.05, 3.63) is 35.4 Å². The molecule has 1 aromatic carbocycles. The zero-order valence-electron chi connectivity index (χ0n) is 14.3. The molecule has 0 aliphatic carbocycles. The largest absolute Gasteiger partial charge is 0.323 e. The molecule has 1 saturated heterocycles. The summed E-state index contributed by atoms with van der Waals surface area (Å²) in [5, 5.41) is 0. The average molecular weight is 288 g/mol. The fraction of sp³-hybridized carbons (Fsp3) is 0.684. The quantitative estimate of drug-likeness (QED) is 0.900. The summed E-state index contributed by atoms with van der Waals surface area (Å²) in [7, 11) is 0. The predicted octanol–water partition coefficient (Wildman–Crippen LogP) is 4.18. The van der Waals surface area contributed by atoms with Gasteiger partial charge in [-0.15, -0.1) is 0 Å². The summed E-state index contributed by atoms with van der Waals surface area (Å²) < 4.78 is 0. The molecule has 4 unspecified atom stereocenters. The van der Waals surface area contributed by atoms with Crippen molar-refractivity contribution in [1.82, 2.24) is 4.90 Å². The Morgan fingerprint density at radius 2 is 1.67 bits per heavy atom. The van der Waals surface area contributed by atoms with Crippen molar-refractivity contribution < 1.29 is 0 Å². The van der Waals surface area contributed by atoms with Crippen LogP contribution in [0.3, 0.4) is 0 Å². The number of piperidine rings is 1. The standard InChI is InChI=1S/C19H32N2/c1-13(2)17-6-8-18(9-7-17)19(20)12-21-11-14(3)10-15(4)16(21)5/h6-9,13-16,19H,10-12,20H2,1-5H3. The van der Waals surface area contributed by atoms with E-state index >= 15 is 0 Å². The maximum absolute atomic E-state index is 6.46. The van der Waals surface area contributed by atoms with Gasteiger partial charge in [-0.1, -0.05) is 52.0 Å². The highest BCUT2D eigenvalue weighted by molar-refractivity contribution is 5.26. The fourth-order valence-electron chi connectivity index (χ4n) is 3.56. The molecule has 0 bridgehead atoms. The molecule has 0 saturated carbocycles. The second-order valence-corrected chi connectivity index (χ2v) is 7.44. The number of nitrogens with zero attached hydrogens (tertiary/aromatic N) is 1. The number of hydrogen-bond acceptors (Lipinski definition) is 2. The van der Waals surface area contributed by atoms with Gasteiger partial charge in [0, 0.05) is 25.2 Å². The molecule has 1 aliphatic rings. The smallest absolute Gasteiger partial charge is 0.0424 e. The van der Waals surface area contributed by atoms with Gasteiger partial charge in [0.15, 0.2) is 0 Å². The third-order valence-corrected chi connectivity index (χ3v) is 5.18. The van der Waals surface area contributed by atoms with E-state index in [1.54, 1.807) is 0 Å². The summed E-state index contributed by atoms with van der Waals surface area (Å²) in [6, 6.07) is 9.63. The third-order valence-electron chi connectivity index (χ3n) is 5.18. The van der Waals surface area contributed by atoms with Crippen molar-refractivity contribution in [3.63, 3.8) is 0 Å². The Labute approximate surface area is 130 Å². The monoisotopic (exact) mass is 288 g/mol. The Balaban J connectivity index is 2.01. The first-order valence-corrected chi connectivity index (χ1v) is 8.48. The molecule has 0 aromatic heterocycles. The first kappa shape index (κ1) is 16.5. The van der Waals surface area contributed by atoms with Crippen molar-refractivity contribution >= 4 is 0 Å². The van der Waals surface area contributed by atoms with Crippen LogP contribution in [0.4, 0.5) is 0 Å². The van der Waals surface area contributed by atoms with Crippen molar-refractivity contribution in [2.45, 2.75) is 59.0 Å². The molecular formula is C19H32N2. The summed E-state index contributed by atoms with van der Waals surface area (Å²) in [5.74, 6) is 2.13. The summed E-state index contributed by atoms with van der Waals surface area (Å²) >= 11 is 0. The van der Waals surface area contributed by atoms with Crippen LogP contribution < -0.4 is 5.73 Å². The Kier molecular flexibility index (Phi) is 5.45. The molecule has 21 heavy (non-hydrogen) atoms. The summed E-state index contributed by atoms with van der Waals surface area (Å²) in [6.07, 6.45) is 1.34. The van der Waals surface area contributed by atoms with Crippen LogP contribution >= 0.6 is 0 Å². The van der Waals surface area contributed by atoms with Crippen molar-refractivity contribution in [2.24, 2.45) is 17.6 Å². The number of rotatable bonds is 4. The molecule has 1 heterocycles. The number of hydrogen-bond donors (Lipinski definition) is 1. The topological polar surface area (TPSA) is 29.3 Å². The minimum atomic E-state index is 0.117. The van der Waals surface area contributed by atoms with Crippen molar-refractivity contribution in [1.29, 1.82) is 0 Å². The molecule has 1 aliphatic heterocycles. The lowest BCUT2D eigenvalue weighted by Gasteiger charge is -2.42. The van der Waals surface area contributed by atoms with Gasteiger partial charge in [0.2, 0.25) is 0 Å². The van der Waals surface area contributed by atoms with E-state index in [2.05, 4.69) is 63.8 Å². The Morgan fingerprint density at radius 1 is 1.10 bits per heavy atom. The summed E-state index contributed by atoms with van der Waals surface area (Å²) in [6.45, 7) is 13.7. The van der Waals surface area contributed by atoms with Gasteiger partial charge in [-0.3, -0.25) is 4.90 Å². The first-order valence-electron chi connectivity index (χ1n) is 8.48.